The van der Waals surface area contributed by atoms with E-state index in [4.69, 9.17) is 21.9 Å². The fourth-order valence-electron chi connectivity index (χ4n) is 8.41. The number of hydrogen-bond acceptors (Lipinski definition) is 11. The lowest BCUT2D eigenvalue weighted by Gasteiger charge is -2.33. The van der Waals surface area contributed by atoms with Crippen LogP contribution in [0.5, 0.6) is 11.5 Å². The van der Waals surface area contributed by atoms with Gasteiger partial charge in [-0.05, 0) is 104 Å². The van der Waals surface area contributed by atoms with Gasteiger partial charge in [-0.15, -0.1) is 0 Å². The van der Waals surface area contributed by atoms with Crippen molar-refractivity contribution in [3.8, 4) is 33.8 Å². The molecule has 13 heteroatoms. The largest absolute Gasteiger partial charge is 0.507 e. The lowest BCUT2D eigenvalue weighted by atomic mass is 9.86. The molecular formula is C52H65N5O8. The Kier molecular flexibility index (Phi) is 18.3. The molecule has 0 fully saturated rings. The highest BCUT2D eigenvalue weighted by atomic mass is 16.5. The number of benzene rings is 4. The highest BCUT2D eigenvalue weighted by Crippen LogP contribution is 2.43. The maximum Gasteiger partial charge on any atom is 0.226 e. The van der Waals surface area contributed by atoms with Gasteiger partial charge in [-0.25, -0.2) is 0 Å². The first-order valence-electron chi connectivity index (χ1n) is 22.7. The van der Waals surface area contributed by atoms with E-state index in [1.165, 1.54) is 24.9 Å². The summed E-state index contributed by atoms with van der Waals surface area (Å²) in [7, 11) is 1.54. The molecule has 2 amide bonds. The van der Waals surface area contributed by atoms with Gasteiger partial charge in [0.2, 0.25) is 11.8 Å². The summed E-state index contributed by atoms with van der Waals surface area (Å²) in [5, 5.41) is 14.4. The van der Waals surface area contributed by atoms with E-state index in [-0.39, 0.29) is 61.9 Å². The monoisotopic (exact) mass is 887 g/mol. The van der Waals surface area contributed by atoms with Crippen molar-refractivity contribution < 1.29 is 38.6 Å². The number of nitrogens with zero attached hydrogens (tertiary/aromatic N) is 1. The lowest BCUT2D eigenvalue weighted by Crippen LogP contribution is -2.46. The molecule has 0 spiro atoms. The third kappa shape index (κ3) is 13.1. The Bertz CT molecular complexity index is 2310. The number of nitrogens with two attached hydrogens (primary N) is 3. The Morgan fingerprint density at radius 1 is 0.831 bits per heavy atom. The van der Waals surface area contributed by atoms with Gasteiger partial charge in [-0.2, -0.15) is 0 Å². The van der Waals surface area contributed by atoms with Crippen LogP contribution in [0.25, 0.3) is 22.3 Å². The van der Waals surface area contributed by atoms with Gasteiger partial charge in [0.15, 0.2) is 17.3 Å². The van der Waals surface area contributed by atoms with E-state index in [1.807, 2.05) is 48.5 Å². The number of fused-ring (bicyclic) bond motifs is 5. The van der Waals surface area contributed by atoms with Crippen molar-refractivity contribution in [3.05, 3.63) is 107 Å². The zero-order valence-corrected chi connectivity index (χ0v) is 38.1. The van der Waals surface area contributed by atoms with E-state index in [0.717, 1.165) is 11.1 Å². The number of carbonyl (C=O) groups excluding carboxylic acids is 6. The van der Waals surface area contributed by atoms with E-state index in [0.29, 0.717) is 84.3 Å². The molecule has 1 aliphatic heterocycles. The molecule has 4 aromatic rings. The van der Waals surface area contributed by atoms with Crippen LogP contribution < -0.4 is 27.3 Å². The number of likely N-dealkylation sites (N-methyl/N-ethyl adjacent to an activating group) is 1. The SMILES string of the molecule is CC(=O)[C@H](C)CC(=O)[C@@H]1Cc2ccc(O)c(c2)-c2cc(cc(CCCN)c2OCCN)[C@H](N(C)C(=O)[C@H](CCCCN)CC(=O)c2ccc(-c3ccccc3)cc2)C(=O)C[C@@H](C)C(=O)N1. The Labute approximate surface area is 382 Å². The van der Waals surface area contributed by atoms with Crippen molar-refractivity contribution >= 4 is 34.9 Å². The quantitative estimate of drug-likeness (QED) is 0.0490. The average Bonchev–Trinajstić information content (AvgIpc) is 3.29. The van der Waals surface area contributed by atoms with Crippen LogP contribution in [0.15, 0.2) is 84.9 Å². The first-order valence-corrected chi connectivity index (χ1v) is 22.7. The molecular weight excluding hydrogens is 823 g/mol. The van der Waals surface area contributed by atoms with Crippen LogP contribution in [0.2, 0.25) is 0 Å². The molecule has 0 saturated carbocycles. The summed E-state index contributed by atoms with van der Waals surface area (Å²) < 4.78 is 6.32. The number of aryl methyl sites for hydroxylation is 1. The minimum absolute atomic E-state index is 0.0448. The summed E-state index contributed by atoms with van der Waals surface area (Å²) in [5.41, 5.74) is 22.7. The average molecular weight is 888 g/mol. The predicted molar refractivity (Wildman–Crippen MR) is 252 cm³/mol. The number of phenols is 1. The van der Waals surface area contributed by atoms with Gasteiger partial charge in [-0.1, -0.05) is 80.9 Å². The zero-order valence-electron chi connectivity index (χ0n) is 38.1. The van der Waals surface area contributed by atoms with Gasteiger partial charge in [0.25, 0.3) is 0 Å². The summed E-state index contributed by atoms with van der Waals surface area (Å²) in [4.78, 5) is 85.3. The molecule has 5 rings (SSSR count). The molecule has 0 unspecified atom stereocenters. The van der Waals surface area contributed by atoms with E-state index in [1.54, 1.807) is 44.2 Å². The van der Waals surface area contributed by atoms with E-state index in [2.05, 4.69) is 5.32 Å². The molecule has 0 aromatic heterocycles. The summed E-state index contributed by atoms with van der Waals surface area (Å²) in [6.07, 6.45) is 2.00. The van der Waals surface area contributed by atoms with Gasteiger partial charge in [0.1, 0.15) is 29.9 Å². The Hall–Kier alpha value is -6.02. The molecule has 8 N–H and O–H groups in total. The van der Waals surface area contributed by atoms with Crippen LogP contribution in [0.1, 0.15) is 98.8 Å². The van der Waals surface area contributed by atoms with Gasteiger partial charge >= 0.3 is 0 Å². The van der Waals surface area contributed by atoms with Crippen LogP contribution in [0.4, 0.5) is 0 Å². The zero-order chi connectivity index (χ0) is 47.2. The third-order valence-corrected chi connectivity index (χ3v) is 12.3. The number of hydrogen-bond donors (Lipinski definition) is 5. The van der Waals surface area contributed by atoms with Gasteiger partial charge in [0, 0.05) is 67.3 Å². The lowest BCUT2D eigenvalue weighted by molar-refractivity contribution is -0.142. The molecule has 346 valence electrons. The van der Waals surface area contributed by atoms with Crippen LogP contribution in [0.3, 0.4) is 0 Å². The molecule has 0 saturated heterocycles. The van der Waals surface area contributed by atoms with Crippen molar-refractivity contribution in [1.29, 1.82) is 0 Å². The number of ketones is 4. The highest BCUT2D eigenvalue weighted by molar-refractivity contribution is 6.00. The van der Waals surface area contributed by atoms with Gasteiger partial charge in [-0.3, -0.25) is 28.8 Å². The molecule has 5 atom stereocenters. The normalized spacial score (nSPS) is 17.3. The second-order valence-electron chi connectivity index (χ2n) is 17.4. The molecule has 1 aliphatic rings. The summed E-state index contributed by atoms with van der Waals surface area (Å²) in [5.74, 6) is -4.22. The number of phenolic OH excluding ortho intramolecular Hbond substituents is 1. The van der Waals surface area contributed by atoms with Gasteiger partial charge < -0.3 is 37.3 Å². The fraction of sp³-hybridized carbons (Fsp3) is 0.423. The Balaban J connectivity index is 1.63. The topological polar surface area (TPSA) is 225 Å². The molecule has 65 heavy (non-hydrogen) atoms. The summed E-state index contributed by atoms with van der Waals surface area (Å²) >= 11 is 0. The first kappa shape index (κ1) is 50.0. The van der Waals surface area contributed by atoms with Crippen LogP contribution >= 0.6 is 0 Å². The number of carbonyl (C=O) groups is 6. The maximum absolute atomic E-state index is 15.0. The van der Waals surface area contributed by atoms with E-state index >= 15 is 0 Å². The van der Waals surface area contributed by atoms with Crippen LogP contribution in [-0.2, 0) is 36.8 Å². The number of Topliss-reactive ketones (excluding diaryl/α,β-unsaturated/α-hetero) is 4. The number of amides is 2. The standard InChI is InChI=1S/C52H65N5O8/c1-32(34(3)58)25-47(61)44-28-35-15-20-45(59)42(27-35)43-30-41(29-39(14-10-22-54)50(43)65-24-23-55)49(48(62)26-33(2)51(63)56-44)57(4)52(64)40(13-8-9-21-53)31-46(60)38-18-16-37(17-19-38)36-11-6-5-7-12-36/h5-7,11-12,15-20,27,29-30,32-33,40,44,49,59H,8-10,13-14,21-26,28,31,53-55H2,1-4H3,(H,56,63)/t32-,33-,40-,44+,49+/m1/s1. The summed E-state index contributed by atoms with van der Waals surface area (Å²) in [6, 6.07) is 23.2. The smallest absolute Gasteiger partial charge is 0.226 e. The predicted octanol–water partition coefficient (Wildman–Crippen LogP) is 6.29. The van der Waals surface area contributed by atoms with Crippen molar-refractivity contribution in [1.82, 2.24) is 10.2 Å². The van der Waals surface area contributed by atoms with Crippen molar-refractivity contribution in [2.45, 2.75) is 90.6 Å². The number of aromatic hydroxyl groups is 1. The second kappa shape index (κ2) is 23.8. The summed E-state index contributed by atoms with van der Waals surface area (Å²) in [6.45, 7) is 5.71. The number of unbranched alkanes of at least 4 members (excludes halogenated alkanes) is 1. The molecule has 13 nitrogen and oxygen atoms in total. The molecule has 1 heterocycles. The van der Waals surface area contributed by atoms with E-state index in [9.17, 15) is 33.9 Å². The van der Waals surface area contributed by atoms with Crippen LogP contribution in [0, 0.1) is 17.8 Å². The first-order chi connectivity index (χ1) is 31.2. The van der Waals surface area contributed by atoms with Crippen molar-refractivity contribution in [2.75, 3.05) is 33.3 Å². The Morgan fingerprint density at radius 2 is 1.52 bits per heavy atom. The number of ether oxygens (including phenoxy) is 1. The minimum Gasteiger partial charge on any atom is -0.507 e. The molecule has 4 bridgehead atoms. The van der Waals surface area contributed by atoms with Gasteiger partial charge in [0.05, 0.1) is 6.04 Å². The van der Waals surface area contributed by atoms with Crippen LogP contribution in [-0.4, -0.2) is 84.3 Å². The molecule has 0 aliphatic carbocycles. The molecule has 0 radical (unpaired) electrons. The fourth-order valence-corrected chi connectivity index (χ4v) is 8.41. The van der Waals surface area contributed by atoms with Crippen molar-refractivity contribution in [3.63, 3.8) is 0 Å². The van der Waals surface area contributed by atoms with E-state index < -0.39 is 47.4 Å². The Morgan fingerprint density at radius 3 is 2.18 bits per heavy atom. The number of rotatable bonds is 20. The maximum atomic E-state index is 15.0. The highest BCUT2D eigenvalue weighted by Gasteiger charge is 2.37. The minimum atomic E-state index is -1.25. The third-order valence-electron chi connectivity index (χ3n) is 12.3. The second-order valence-corrected chi connectivity index (χ2v) is 17.4. The number of nitrogens with one attached hydrogen (secondary N) is 1. The van der Waals surface area contributed by atoms with Crippen molar-refractivity contribution in [2.24, 2.45) is 35.0 Å². The molecule has 4 aromatic carbocycles.